The molecule has 0 heterocycles. The second-order valence-corrected chi connectivity index (χ2v) is 15.0. The number of nitrogens with zero attached hydrogens (tertiary/aromatic N) is 1. The van der Waals surface area contributed by atoms with Crippen LogP contribution < -0.4 is 10.6 Å². The second kappa shape index (κ2) is 15.0. The fourth-order valence-corrected chi connectivity index (χ4v) is 5.76. The molecule has 1 unspecified atom stereocenters. The SMILES string of the molecule is CCC(C)(CC(C)(C)C(=O)NCCC[N+](C)(C)CCCS(C)(=O)=O)C(=O)NCCSC(=O)c1ccccc1. The van der Waals surface area contributed by atoms with Crippen molar-refractivity contribution in [2.45, 2.75) is 53.4 Å². The summed E-state index contributed by atoms with van der Waals surface area (Å²) in [6.07, 6.45) is 3.64. The maximum Gasteiger partial charge on any atom is 0.225 e. The molecule has 8 nitrogen and oxygen atoms in total. The van der Waals surface area contributed by atoms with Gasteiger partial charge in [0.05, 0.1) is 32.9 Å². The zero-order valence-corrected chi connectivity index (χ0v) is 25.9. The predicted octanol–water partition coefficient (Wildman–Crippen LogP) is 3.53. The second-order valence-electron chi connectivity index (χ2n) is 11.7. The Morgan fingerprint density at radius 1 is 0.921 bits per heavy atom. The zero-order valence-electron chi connectivity index (χ0n) is 24.3. The van der Waals surface area contributed by atoms with E-state index >= 15 is 0 Å². The lowest BCUT2D eigenvalue weighted by Crippen LogP contribution is -2.47. The smallest absolute Gasteiger partial charge is 0.225 e. The lowest BCUT2D eigenvalue weighted by Gasteiger charge is -2.35. The zero-order chi connectivity index (χ0) is 29.0. The molecule has 216 valence electrons. The first-order valence-corrected chi connectivity index (χ1v) is 16.3. The van der Waals surface area contributed by atoms with Crippen molar-refractivity contribution in [1.29, 1.82) is 0 Å². The summed E-state index contributed by atoms with van der Waals surface area (Å²) in [5.41, 5.74) is -0.808. The molecular formula is C28H48N3O5S2+. The van der Waals surface area contributed by atoms with Gasteiger partial charge in [0.1, 0.15) is 9.84 Å². The molecular weight excluding hydrogens is 522 g/mol. The van der Waals surface area contributed by atoms with Crippen LogP contribution in [0.3, 0.4) is 0 Å². The van der Waals surface area contributed by atoms with E-state index in [2.05, 4.69) is 24.7 Å². The predicted molar refractivity (Wildman–Crippen MR) is 157 cm³/mol. The standard InChI is InChI=1S/C28H47N3O5S2/c1-8-28(4,26(34)30-17-20-37-24(32)23-14-10-9-11-15-23)22-27(2,3)25(33)29-16-12-18-31(5,6)19-13-21-38(7,35)36/h9-11,14-15H,8,12-13,16-22H2,1-7H3,(H-,29,30,33,34)/p+1. The first kappa shape index (κ1) is 34.1. The Kier molecular flexibility index (Phi) is 13.5. The average molecular weight is 571 g/mol. The summed E-state index contributed by atoms with van der Waals surface area (Å²) < 4.78 is 23.4. The molecule has 1 aromatic carbocycles. The minimum Gasteiger partial charge on any atom is -0.355 e. The van der Waals surface area contributed by atoms with E-state index in [9.17, 15) is 22.8 Å². The average Bonchev–Trinajstić information content (AvgIpc) is 2.83. The van der Waals surface area contributed by atoms with Gasteiger partial charge in [-0.05, 0) is 12.8 Å². The topological polar surface area (TPSA) is 109 Å². The summed E-state index contributed by atoms with van der Waals surface area (Å²) in [7, 11) is 1.18. The van der Waals surface area contributed by atoms with Gasteiger partial charge >= 0.3 is 0 Å². The van der Waals surface area contributed by atoms with Crippen molar-refractivity contribution in [3.8, 4) is 0 Å². The van der Waals surface area contributed by atoms with Gasteiger partial charge in [-0.3, -0.25) is 14.4 Å². The molecule has 0 aliphatic heterocycles. The molecule has 0 aliphatic rings. The molecule has 2 N–H and O–H groups in total. The van der Waals surface area contributed by atoms with Crippen molar-refractivity contribution in [2.24, 2.45) is 10.8 Å². The highest BCUT2D eigenvalue weighted by molar-refractivity contribution is 8.14. The molecule has 0 saturated heterocycles. The molecule has 0 spiro atoms. The highest BCUT2D eigenvalue weighted by Gasteiger charge is 2.40. The van der Waals surface area contributed by atoms with Crippen molar-refractivity contribution in [1.82, 2.24) is 10.6 Å². The number of rotatable bonds is 17. The Hall–Kier alpha value is -1.91. The third-order valence-electron chi connectivity index (χ3n) is 6.91. The van der Waals surface area contributed by atoms with Crippen LogP contribution in [0, 0.1) is 10.8 Å². The summed E-state index contributed by atoms with van der Waals surface area (Å²) >= 11 is 1.18. The van der Waals surface area contributed by atoms with Crippen LogP contribution in [-0.2, 0) is 19.4 Å². The lowest BCUT2D eigenvalue weighted by atomic mass is 9.71. The van der Waals surface area contributed by atoms with Gasteiger partial charge in [0.15, 0.2) is 0 Å². The van der Waals surface area contributed by atoms with Crippen LogP contribution in [0.15, 0.2) is 30.3 Å². The third kappa shape index (κ3) is 12.8. The Labute approximate surface area is 234 Å². The number of amides is 2. The summed E-state index contributed by atoms with van der Waals surface area (Å²) in [4.78, 5) is 38.3. The number of quaternary nitrogens is 1. The van der Waals surface area contributed by atoms with E-state index in [0.29, 0.717) is 48.2 Å². The van der Waals surface area contributed by atoms with Crippen molar-refractivity contribution < 1.29 is 27.3 Å². The quantitative estimate of drug-likeness (QED) is 0.219. The van der Waals surface area contributed by atoms with Crippen molar-refractivity contribution in [3.63, 3.8) is 0 Å². The molecule has 10 heteroatoms. The number of carbonyl (C=O) groups excluding carboxylic acids is 3. The fourth-order valence-electron chi connectivity index (χ4n) is 4.42. The van der Waals surface area contributed by atoms with E-state index in [-0.39, 0.29) is 22.7 Å². The van der Waals surface area contributed by atoms with Crippen LogP contribution in [0.25, 0.3) is 0 Å². The monoisotopic (exact) mass is 570 g/mol. The maximum atomic E-state index is 13.1. The summed E-state index contributed by atoms with van der Waals surface area (Å²) in [5, 5.41) is 5.96. The van der Waals surface area contributed by atoms with Crippen LogP contribution in [0.5, 0.6) is 0 Å². The van der Waals surface area contributed by atoms with Crippen LogP contribution in [0.2, 0.25) is 0 Å². The van der Waals surface area contributed by atoms with E-state index < -0.39 is 20.7 Å². The molecule has 1 rings (SSSR count). The molecule has 0 aromatic heterocycles. The van der Waals surface area contributed by atoms with Gasteiger partial charge < -0.3 is 15.1 Å². The van der Waals surface area contributed by atoms with Crippen LogP contribution >= 0.6 is 11.8 Å². The maximum absolute atomic E-state index is 13.1. The summed E-state index contributed by atoms with van der Waals surface area (Å²) in [5.74, 6) is 0.471. The van der Waals surface area contributed by atoms with Gasteiger partial charge in [-0.15, -0.1) is 0 Å². The third-order valence-corrected chi connectivity index (χ3v) is 8.85. The molecule has 0 radical (unpaired) electrons. The van der Waals surface area contributed by atoms with E-state index in [4.69, 9.17) is 0 Å². The van der Waals surface area contributed by atoms with Gasteiger partial charge in [0, 0.05) is 54.3 Å². The molecule has 0 aliphatic carbocycles. The molecule has 0 fully saturated rings. The van der Waals surface area contributed by atoms with E-state index in [1.165, 1.54) is 18.0 Å². The Morgan fingerprint density at radius 2 is 1.50 bits per heavy atom. The number of carbonyl (C=O) groups is 3. The van der Waals surface area contributed by atoms with Gasteiger partial charge in [0.2, 0.25) is 16.9 Å². The Balaban J connectivity index is 2.48. The first-order chi connectivity index (χ1) is 17.5. The van der Waals surface area contributed by atoms with Crippen molar-refractivity contribution in [3.05, 3.63) is 35.9 Å². The molecule has 2 amide bonds. The molecule has 1 aromatic rings. The van der Waals surface area contributed by atoms with Gasteiger partial charge in [-0.2, -0.15) is 0 Å². The summed E-state index contributed by atoms with van der Waals surface area (Å²) in [6, 6.07) is 9.06. The number of hydrogen-bond donors (Lipinski definition) is 2. The minimum atomic E-state index is -2.95. The Morgan fingerprint density at radius 3 is 2.08 bits per heavy atom. The number of benzene rings is 1. The van der Waals surface area contributed by atoms with Crippen LogP contribution in [0.1, 0.15) is 63.7 Å². The molecule has 1 atom stereocenters. The van der Waals surface area contributed by atoms with Gasteiger partial charge in [0.25, 0.3) is 0 Å². The van der Waals surface area contributed by atoms with Crippen molar-refractivity contribution in [2.75, 3.05) is 58.0 Å². The van der Waals surface area contributed by atoms with E-state index in [0.717, 1.165) is 19.5 Å². The molecule has 38 heavy (non-hydrogen) atoms. The molecule has 0 bridgehead atoms. The highest BCUT2D eigenvalue weighted by Crippen LogP contribution is 2.37. The summed E-state index contributed by atoms with van der Waals surface area (Å²) in [6.45, 7) is 10.0. The van der Waals surface area contributed by atoms with E-state index in [1.807, 2.05) is 45.9 Å². The first-order valence-electron chi connectivity index (χ1n) is 13.3. The number of thioether (sulfide) groups is 1. The molecule has 0 saturated carbocycles. The van der Waals surface area contributed by atoms with E-state index in [1.54, 1.807) is 12.1 Å². The van der Waals surface area contributed by atoms with Gasteiger partial charge in [-0.1, -0.05) is 69.8 Å². The number of hydrogen-bond acceptors (Lipinski definition) is 6. The van der Waals surface area contributed by atoms with Crippen LogP contribution in [-0.4, -0.2) is 87.9 Å². The Bertz CT molecular complexity index is 1030. The number of sulfone groups is 1. The number of nitrogens with one attached hydrogen (secondary N) is 2. The largest absolute Gasteiger partial charge is 0.355 e. The highest BCUT2D eigenvalue weighted by atomic mass is 32.2. The van der Waals surface area contributed by atoms with Crippen molar-refractivity contribution >= 4 is 38.5 Å². The van der Waals surface area contributed by atoms with Gasteiger partial charge in [-0.25, -0.2) is 8.42 Å². The lowest BCUT2D eigenvalue weighted by molar-refractivity contribution is -0.890. The normalized spacial score (nSPS) is 14.0. The fraction of sp³-hybridized carbons (Fsp3) is 0.679. The minimum absolute atomic E-state index is 0.0213. The van der Waals surface area contributed by atoms with Crippen LogP contribution in [0.4, 0.5) is 0 Å².